The summed E-state index contributed by atoms with van der Waals surface area (Å²) < 4.78 is 0. The second-order valence-corrected chi connectivity index (χ2v) is 6.44. The van der Waals surface area contributed by atoms with Crippen molar-refractivity contribution < 1.29 is 4.79 Å². The van der Waals surface area contributed by atoms with Crippen molar-refractivity contribution in [3.63, 3.8) is 0 Å². The fraction of sp³-hybridized carbons (Fsp3) is 0.688. The number of amides is 1. The standard InChI is InChI=1S/C16H25N5O/c17-14-5-8-18-16(20-14)21-9-6-12(7-10-21)11-19-15(22)13-3-1-2-4-13/h5,8,12-13H,1-4,6-7,9-11H2,(H,19,22)(H2,17,18,20). The molecule has 1 saturated heterocycles. The predicted octanol–water partition coefficient (Wildman–Crippen LogP) is 1.58. The van der Waals surface area contributed by atoms with Gasteiger partial charge in [-0.1, -0.05) is 12.8 Å². The average molecular weight is 303 g/mol. The molecule has 1 aromatic heterocycles. The number of nitrogens with one attached hydrogen (secondary N) is 1. The first-order chi connectivity index (χ1) is 10.7. The van der Waals surface area contributed by atoms with Gasteiger partial charge < -0.3 is 16.0 Å². The molecule has 1 aliphatic carbocycles. The maximum Gasteiger partial charge on any atom is 0.227 e. The molecule has 0 spiro atoms. The number of carbonyl (C=O) groups excluding carboxylic acids is 1. The Bertz CT molecular complexity index is 507. The molecular weight excluding hydrogens is 278 g/mol. The Morgan fingerprint density at radius 1 is 1.27 bits per heavy atom. The van der Waals surface area contributed by atoms with Crippen LogP contribution in [0.1, 0.15) is 38.5 Å². The van der Waals surface area contributed by atoms with E-state index in [0.29, 0.717) is 17.7 Å². The van der Waals surface area contributed by atoms with Crippen molar-refractivity contribution in [2.45, 2.75) is 38.5 Å². The highest BCUT2D eigenvalue weighted by Crippen LogP contribution is 2.25. The zero-order valence-electron chi connectivity index (χ0n) is 13.0. The Balaban J connectivity index is 1.43. The average Bonchev–Trinajstić information content (AvgIpc) is 3.08. The third kappa shape index (κ3) is 3.67. The fourth-order valence-corrected chi connectivity index (χ4v) is 3.43. The lowest BCUT2D eigenvalue weighted by molar-refractivity contribution is -0.125. The van der Waals surface area contributed by atoms with Gasteiger partial charge in [-0.2, -0.15) is 4.98 Å². The molecule has 0 radical (unpaired) electrons. The predicted molar refractivity (Wildman–Crippen MR) is 86.3 cm³/mol. The van der Waals surface area contributed by atoms with Crippen LogP contribution in [-0.2, 0) is 4.79 Å². The molecule has 0 unspecified atom stereocenters. The van der Waals surface area contributed by atoms with Crippen LogP contribution in [-0.4, -0.2) is 35.5 Å². The van der Waals surface area contributed by atoms with Crippen LogP contribution in [0.5, 0.6) is 0 Å². The van der Waals surface area contributed by atoms with E-state index in [9.17, 15) is 4.79 Å². The molecule has 2 heterocycles. The maximum atomic E-state index is 12.1. The van der Waals surface area contributed by atoms with E-state index in [2.05, 4.69) is 20.2 Å². The van der Waals surface area contributed by atoms with Gasteiger partial charge in [-0.25, -0.2) is 4.98 Å². The van der Waals surface area contributed by atoms with Gasteiger partial charge in [0.25, 0.3) is 0 Å². The molecule has 2 fully saturated rings. The second-order valence-electron chi connectivity index (χ2n) is 6.44. The zero-order chi connectivity index (χ0) is 15.4. The summed E-state index contributed by atoms with van der Waals surface area (Å²) in [7, 11) is 0. The SMILES string of the molecule is Nc1ccnc(N2CCC(CNC(=O)C3CCCC3)CC2)n1. The van der Waals surface area contributed by atoms with Gasteiger partial charge in [0.1, 0.15) is 5.82 Å². The highest BCUT2D eigenvalue weighted by Gasteiger charge is 2.25. The molecule has 1 amide bonds. The van der Waals surface area contributed by atoms with Crippen LogP contribution < -0.4 is 16.0 Å². The summed E-state index contributed by atoms with van der Waals surface area (Å²) >= 11 is 0. The highest BCUT2D eigenvalue weighted by atomic mass is 16.1. The van der Waals surface area contributed by atoms with Crippen LogP contribution in [0.25, 0.3) is 0 Å². The molecular formula is C16H25N5O. The Hall–Kier alpha value is -1.85. The van der Waals surface area contributed by atoms with Gasteiger partial charge in [0.05, 0.1) is 0 Å². The fourth-order valence-electron chi connectivity index (χ4n) is 3.43. The van der Waals surface area contributed by atoms with E-state index in [-0.39, 0.29) is 11.8 Å². The lowest BCUT2D eigenvalue weighted by Crippen LogP contribution is -2.40. The molecule has 1 aliphatic heterocycles. The summed E-state index contributed by atoms with van der Waals surface area (Å²) in [6.45, 7) is 2.65. The summed E-state index contributed by atoms with van der Waals surface area (Å²) in [6, 6.07) is 1.70. The van der Waals surface area contributed by atoms with Crippen molar-refractivity contribution in [1.82, 2.24) is 15.3 Å². The van der Waals surface area contributed by atoms with Gasteiger partial charge in [-0.05, 0) is 37.7 Å². The number of carbonyl (C=O) groups is 1. The third-order valence-corrected chi connectivity index (χ3v) is 4.85. The first-order valence-electron chi connectivity index (χ1n) is 8.33. The summed E-state index contributed by atoms with van der Waals surface area (Å²) in [5, 5.41) is 3.15. The number of piperidine rings is 1. The molecule has 0 bridgehead atoms. The van der Waals surface area contributed by atoms with Crippen LogP contribution in [0.2, 0.25) is 0 Å². The first kappa shape index (κ1) is 15.1. The highest BCUT2D eigenvalue weighted by molar-refractivity contribution is 5.78. The molecule has 6 heteroatoms. The van der Waals surface area contributed by atoms with Crippen LogP contribution in [0.15, 0.2) is 12.3 Å². The minimum Gasteiger partial charge on any atom is -0.384 e. The van der Waals surface area contributed by atoms with Gasteiger partial charge in [0.2, 0.25) is 11.9 Å². The molecule has 0 atom stereocenters. The van der Waals surface area contributed by atoms with Crippen LogP contribution >= 0.6 is 0 Å². The van der Waals surface area contributed by atoms with Crippen LogP contribution in [0.4, 0.5) is 11.8 Å². The summed E-state index contributed by atoms with van der Waals surface area (Å²) in [5.74, 6) is 2.31. The van der Waals surface area contributed by atoms with Gasteiger partial charge in [-0.15, -0.1) is 0 Å². The lowest BCUT2D eigenvalue weighted by Gasteiger charge is -2.32. The van der Waals surface area contributed by atoms with E-state index >= 15 is 0 Å². The number of nitrogens with zero attached hydrogens (tertiary/aromatic N) is 3. The maximum absolute atomic E-state index is 12.1. The summed E-state index contributed by atoms with van der Waals surface area (Å²) in [6.07, 6.45) is 8.36. The van der Waals surface area contributed by atoms with E-state index in [1.807, 2.05) is 0 Å². The van der Waals surface area contributed by atoms with Gasteiger partial charge >= 0.3 is 0 Å². The summed E-state index contributed by atoms with van der Waals surface area (Å²) in [5.41, 5.74) is 5.71. The molecule has 3 rings (SSSR count). The van der Waals surface area contributed by atoms with E-state index in [0.717, 1.165) is 45.3 Å². The second kappa shape index (κ2) is 6.94. The first-order valence-corrected chi connectivity index (χ1v) is 8.33. The zero-order valence-corrected chi connectivity index (χ0v) is 13.0. The molecule has 1 aromatic rings. The summed E-state index contributed by atoms with van der Waals surface area (Å²) in [4.78, 5) is 22.8. The van der Waals surface area contributed by atoms with E-state index in [1.165, 1.54) is 12.8 Å². The monoisotopic (exact) mass is 303 g/mol. The molecule has 0 aromatic carbocycles. The third-order valence-electron chi connectivity index (χ3n) is 4.85. The Kier molecular flexibility index (Phi) is 4.75. The van der Waals surface area contributed by atoms with Crippen LogP contribution in [0.3, 0.4) is 0 Å². The normalized spacial score (nSPS) is 20.3. The largest absolute Gasteiger partial charge is 0.384 e. The minimum absolute atomic E-state index is 0.263. The smallest absolute Gasteiger partial charge is 0.227 e. The molecule has 2 aliphatic rings. The minimum atomic E-state index is 0.263. The topological polar surface area (TPSA) is 84.1 Å². The number of hydrogen-bond donors (Lipinski definition) is 2. The van der Waals surface area contributed by atoms with Crippen molar-refractivity contribution in [1.29, 1.82) is 0 Å². The molecule has 22 heavy (non-hydrogen) atoms. The number of nitrogens with two attached hydrogens (primary N) is 1. The van der Waals surface area contributed by atoms with E-state index in [4.69, 9.17) is 5.73 Å². The van der Waals surface area contributed by atoms with Crippen molar-refractivity contribution >= 4 is 17.7 Å². The number of nitrogen functional groups attached to an aromatic ring is 1. The van der Waals surface area contributed by atoms with Gasteiger partial charge in [0.15, 0.2) is 0 Å². The molecule has 6 nitrogen and oxygen atoms in total. The Morgan fingerprint density at radius 2 is 2.00 bits per heavy atom. The molecule has 120 valence electrons. The van der Waals surface area contributed by atoms with E-state index in [1.54, 1.807) is 12.3 Å². The quantitative estimate of drug-likeness (QED) is 0.882. The lowest BCUT2D eigenvalue weighted by atomic mass is 9.96. The van der Waals surface area contributed by atoms with Crippen molar-refractivity contribution in [3.8, 4) is 0 Å². The van der Waals surface area contributed by atoms with Crippen molar-refractivity contribution in [3.05, 3.63) is 12.3 Å². The number of aromatic nitrogens is 2. The van der Waals surface area contributed by atoms with Crippen molar-refractivity contribution in [2.24, 2.45) is 11.8 Å². The Morgan fingerprint density at radius 3 is 2.68 bits per heavy atom. The van der Waals surface area contributed by atoms with Gasteiger partial charge in [-0.3, -0.25) is 4.79 Å². The molecule has 1 saturated carbocycles. The number of anilines is 2. The van der Waals surface area contributed by atoms with E-state index < -0.39 is 0 Å². The number of rotatable bonds is 4. The van der Waals surface area contributed by atoms with Crippen molar-refractivity contribution in [2.75, 3.05) is 30.3 Å². The Labute approximate surface area is 131 Å². The van der Waals surface area contributed by atoms with Crippen LogP contribution in [0, 0.1) is 11.8 Å². The number of hydrogen-bond acceptors (Lipinski definition) is 5. The molecule has 3 N–H and O–H groups in total. The van der Waals surface area contributed by atoms with Gasteiger partial charge in [0, 0.05) is 31.7 Å².